The van der Waals surface area contributed by atoms with Crippen LogP contribution in [0.3, 0.4) is 0 Å². The van der Waals surface area contributed by atoms with E-state index in [0.29, 0.717) is 11.0 Å². The lowest BCUT2D eigenvalue weighted by atomic mass is 10.2. The van der Waals surface area contributed by atoms with Crippen LogP contribution in [0, 0.1) is 0 Å². The minimum Gasteiger partial charge on any atom is -0.443 e. The van der Waals surface area contributed by atoms with E-state index in [4.69, 9.17) is 9.15 Å². The van der Waals surface area contributed by atoms with Gasteiger partial charge in [0.1, 0.15) is 17.7 Å². The van der Waals surface area contributed by atoms with Gasteiger partial charge in [-0.05, 0) is 26.8 Å². The molecule has 0 saturated heterocycles. The number of esters is 1. The monoisotopic (exact) mass is 355 g/mol. The van der Waals surface area contributed by atoms with Crippen LogP contribution < -0.4 is 4.72 Å². The number of sulfonamides is 1. The van der Waals surface area contributed by atoms with Gasteiger partial charge in [-0.15, -0.1) is 0 Å². The molecule has 2 aromatic rings. The number of carbonyl (C=O) groups is 2. The normalized spacial score (nSPS) is 12.1. The quantitative estimate of drug-likeness (QED) is 0.661. The Morgan fingerprint density at radius 2 is 1.88 bits per heavy atom. The molecule has 0 aliphatic rings. The standard InChI is InChI=1S/C15H17NO7S/c1-15(2,3)23-14(18)22-12(17)9-16-24(19,20)13-8-10-6-4-5-7-11(10)21-13/h4-8,16H,9H2,1-3H3. The van der Waals surface area contributed by atoms with Gasteiger partial charge < -0.3 is 13.9 Å². The molecule has 8 nitrogen and oxygen atoms in total. The molecular weight excluding hydrogens is 338 g/mol. The fourth-order valence-corrected chi connectivity index (χ4v) is 2.65. The molecule has 0 amide bonds. The molecule has 0 spiro atoms. The fraction of sp³-hybridized carbons (Fsp3) is 0.333. The van der Waals surface area contributed by atoms with E-state index in [1.807, 2.05) is 4.72 Å². The number of hydrogen-bond donors (Lipinski definition) is 1. The highest BCUT2D eigenvalue weighted by atomic mass is 32.2. The van der Waals surface area contributed by atoms with Crippen molar-refractivity contribution >= 4 is 33.1 Å². The molecule has 1 aromatic carbocycles. The topological polar surface area (TPSA) is 112 Å². The second-order valence-electron chi connectivity index (χ2n) is 5.87. The Labute approximate surface area is 138 Å². The Hall–Kier alpha value is -2.39. The Morgan fingerprint density at radius 3 is 2.50 bits per heavy atom. The maximum absolute atomic E-state index is 12.1. The maximum atomic E-state index is 12.1. The highest BCUT2D eigenvalue weighted by Gasteiger charge is 2.23. The second kappa shape index (κ2) is 6.62. The molecule has 0 bridgehead atoms. The van der Waals surface area contributed by atoms with Gasteiger partial charge >= 0.3 is 12.1 Å². The van der Waals surface area contributed by atoms with E-state index in [0.717, 1.165) is 0 Å². The van der Waals surface area contributed by atoms with E-state index in [1.165, 1.54) is 6.07 Å². The summed E-state index contributed by atoms with van der Waals surface area (Å²) in [5.41, 5.74) is -0.431. The number of fused-ring (bicyclic) bond motifs is 1. The molecule has 0 saturated carbocycles. The average molecular weight is 355 g/mol. The van der Waals surface area contributed by atoms with Crippen molar-refractivity contribution in [3.63, 3.8) is 0 Å². The zero-order chi connectivity index (χ0) is 18.0. The molecule has 9 heteroatoms. The van der Waals surface area contributed by atoms with Gasteiger partial charge in [-0.2, -0.15) is 4.72 Å². The van der Waals surface area contributed by atoms with Crippen molar-refractivity contribution < 1.29 is 31.9 Å². The fourth-order valence-electron chi connectivity index (χ4n) is 1.71. The predicted octanol–water partition coefficient (Wildman–Crippen LogP) is 2.19. The highest BCUT2D eigenvalue weighted by molar-refractivity contribution is 7.89. The van der Waals surface area contributed by atoms with Crippen LogP contribution in [0.1, 0.15) is 20.8 Å². The van der Waals surface area contributed by atoms with Crippen LogP contribution >= 0.6 is 0 Å². The molecule has 0 radical (unpaired) electrons. The van der Waals surface area contributed by atoms with Gasteiger partial charge in [0.15, 0.2) is 0 Å². The number of hydrogen-bond acceptors (Lipinski definition) is 7. The third kappa shape index (κ3) is 4.80. The van der Waals surface area contributed by atoms with E-state index in [9.17, 15) is 18.0 Å². The van der Waals surface area contributed by atoms with E-state index in [1.54, 1.807) is 45.0 Å². The summed E-state index contributed by atoms with van der Waals surface area (Å²) in [7, 11) is -4.06. The van der Waals surface area contributed by atoms with Gasteiger partial charge in [0.2, 0.25) is 5.09 Å². The van der Waals surface area contributed by atoms with Crippen molar-refractivity contribution in [2.75, 3.05) is 6.54 Å². The van der Waals surface area contributed by atoms with Crippen LogP contribution in [0.25, 0.3) is 11.0 Å². The molecule has 2 rings (SSSR count). The van der Waals surface area contributed by atoms with Crippen molar-refractivity contribution in [2.45, 2.75) is 31.5 Å². The first-order chi connectivity index (χ1) is 11.1. The van der Waals surface area contributed by atoms with Crippen LogP contribution in [-0.4, -0.2) is 32.7 Å². The average Bonchev–Trinajstić information content (AvgIpc) is 2.88. The molecule has 130 valence electrons. The summed E-state index contributed by atoms with van der Waals surface area (Å²) in [6.45, 7) is 4.06. The van der Waals surface area contributed by atoms with E-state index in [2.05, 4.69) is 4.74 Å². The lowest BCUT2D eigenvalue weighted by molar-refractivity contribution is -0.140. The molecule has 1 heterocycles. The second-order valence-corrected chi connectivity index (χ2v) is 7.56. The summed E-state index contributed by atoms with van der Waals surface area (Å²) in [6.07, 6.45) is -1.20. The Bertz CT molecular complexity index is 828. The molecule has 0 aliphatic carbocycles. The Kier molecular flexibility index (Phi) is 4.95. The van der Waals surface area contributed by atoms with Crippen molar-refractivity contribution in [3.05, 3.63) is 30.3 Å². The number of benzene rings is 1. The number of para-hydroxylation sites is 1. The van der Waals surface area contributed by atoms with Gasteiger partial charge in [0, 0.05) is 11.5 Å². The zero-order valence-corrected chi connectivity index (χ0v) is 14.2. The smallest absolute Gasteiger partial charge is 0.443 e. The van der Waals surface area contributed by atoms with Crippen LogP contribution in [0.4, 0.5) is 4.79 Å². The molecule has 0 atom stereocenters. The van der Waals surface area contributed by atoms with Crippen molar-refractivity contribution in [1.82, 2.24) is 4.72 Å². The molecule has 0 aliphatic heterocycles. The largest absolute Gasteiger partial charge is 0.516 e. The summed E-state index contributed by atoms with van der Waals surface area (Å²) in [6, 6.07) is 8.07. The van der Waals surface area contributed by atoms with Gasteiger partial charge in [-0.25, -0.2) is 13.2 Å². The minimum atomic E-state index is -4.06. The molecule has 1 N–H and O–H groups in total. The SMILES string of the molecule is CC(C)(C)OC(=O)OC(=O)CNS(=O)(=O)c1cc2ccccc2o1. The van der Waals surface area contributed by atoms with Crippen LogP contribution in [0.5, 0.6) is 0 Å². The first-order valence-electron chi connectivity index (χ1n) is 6.99. The molecule has 0 fully saturated rings. The molecule has 1 aromatic heterocycles. The summed E-state index contributed by atoms with van der Waals surface area (Å²) in [5.74, 6) is -1.09. The van der Waals surface area contributed by atoms with Crippen molar-refractivity contribution in [3.8, 4) is 0 Å². The predicted molar refractivity (Wildman–Crippen MR) is 83.7 cm³/mol. The van der Waals surface area contributed by atoms with Crippen LogP contribution in [-0.2, 0) is 24.3 Å². The Balaban J connectivity index is 1.97. The first kappa shape index (κ1) is 18.0. The maximum Gasteiger partial charge on any atom is 0.516 e. The van der Waals surface area contributed by atoms with Crippen LogP contribution in [0.15, 0.2) is 39.8 Å². The summed E-state index contributed by atoms with van der Waals surface area (Å²) < 4.78 is 40.5. The summed E-state index contributed by atoms with van der Waals surface area (Å²) in [5, 5.41) is 0.267. The van der Waals surface area contributed by atoms with Gasteiger partial charge in [-0.3, -0.25) is 4.79 Å². The third-order valence-corrected chi connectivity index (χ3v) is 3.92. The van der Waals surface area contributed by atoms with E-state index >= 15 is 0 Å². The van der Waals surface area contributed by atoms with Gasteiger partial charge in [0.25, 0.3) is 10.0 Å². The minimum absolute atomic E-state index is 0.339. The van der Waals surface area contributed by atoms with Crippen molar-refractivity contribution in [2.24, 2.45) is 0 Å². The zero-order valence-electron chi connectivity index (χ0n) is 13.4. The lowest BCUT2D eigenvalue weighted by Gasteiger charge is -2.18. The summed E-state index contributed by atoms with van der Waals surface area (Å²) >= 11 is 0. The van der Waals surface area contributed by atoms with Gasteiger partial charge in [-0.1, -0.05) is 18.2 Å². The van der Waals surface area contributed by atoms with E-state index < -0.39 is 34.3 Å². The van der Waals surface area contributed by atoms with Gasteiger partial charge in [0.05, 0.1) is 0 Å². The third-order valence-electron chi connectivity index (χ3n) is 2.66. The molecular formula is C15H17NO7S. The van der Waals surface area contributed by atoms with E-state index in [-0.39, 0.29) is 5.09 Å². The molecule has 0 unspecified atom stereocenters. The number of furan rings is 1. The number of nitrogens with one attached hydrogen (secondary N) is 1. The number of carbonyl (C=O) groups excluding carboxylic acids is 2. The lowest BCUT2D eigenvalue weighted by Crippen LogP contribution is -2.33. The highest BCUT2D eigenvalue weighted by Crippen LogP contribution is 2.22. The Morgan fingerprint density at radius 1 is 1.21 bits per heavy atom. The number of rotatable bonds is 4. The molecule has 24 heavy (non-hydrogen) atoms. The van der Waals surface area contributed by atoms with Crippen LogP contribution in [0.2, 0.25) is 0 Å². The first-order valence-corrected chi connectivity index (χ1v) is 8.47. The van der Waals surface area contributed by atoms with Crippen molar-refractivity contribution in [1.29, 1.82) is 0 Å². The summed E-state index contributed by atoms with van der Waals surface area (Å²) in [4.78, 5) is 22.8. The number of ether oxygens (including phenoxy) is 2.